The van der Waals surface area contributed by atoms with E-state index < -0.39 is 17.5 Å². The van der Waals surface area contributed by atoms with Crippen molar-refractivity contribution in [1.82, 2.24) is 21.1 Å². The summed E-state index contributed by atoms with van der Waals surface area (Å²) in [5, 5.41) is 6.66. The number of halogens is 1. The quantitative estimate of drug-likeness (QED) is 0.544. The summed E-state index contributed by atoms with van der Waals surface area (Å²) in [5.74, 6) is -0.747. The average molecular weight is 386 g/mol. The molecule has 0 aromatic heterocycles. The van der Waals surface area contributed by atoms with Gasteiger partial charge in [-0.2, -0.15) is 5.01 Å². The number of nitrogens with one attached hydrogen (secondary N) is 3. The molecule has 0 unspecified atom stereocenters. The van der Waals surface area contributed by atoms with Gasteiger partial charge in [0.15, 0.2) is 5.11 Å². The maximum atomic E-state index is 13.0. The lowest BCUT2D eigenvalue weighted by Crippen LogP contribution is -2.51. The van der Waals surface area contributed by atoms with E-state index in [-0.39, 0.29) is 10.9 Å². The number of hydrogen-bond donors (Lipinski definition) is 3. The Kier molecular flexibility index (Phi) is 5.36. The van der Waals surface area contributed by atoms with E-state index in [2.05, 4.69) is 16.1 Å². The molecule has 1 fully saturated rings. The van der Waals surface area contributed by atoms with Crippen molar-refractivity contribution in [2.75, 3.05) is 0 Å². The molecule has 27 heavy (non-hydrogen) atoms. The van der Waals surface area contributed by atoms with Gasteiger partial charge in [-0.05, 0) is 41.9 Å². The van der Waals surface area contributed by atoms with Gasteiger partial charge in [0.25, 0.3) is 5.91 Å². The largest absolute Gasteiger partial charge is 0.357 e. The molecule has 8 heteroatoms. The number of benzene rings is 2. The van der Waals surface area contributed by atoms with Gasteiger partial charge in [-0.15, -0.1) is 0 Å². The van der Waals surface area contributed by atoms with E-state index in [4.69, 9.17) is 12.2 Å². The first-order valence-corrected chi connectivity index (χ1v) is 8.88. The molecule has 2 aromatic rings. The monoisotopic (exact) mass is 386 g/mol. The molecule has 3 rings (SSSR count). The second-order valence-electron chi connectivity index (χ2n) is 6.12. The fourth-order valence-corrected chi connectivity index (χ4v) is 3.13. The highest BCUT2D eigenvalue weighted by Crippen LogP contribution is 2.31. The topological polar surface area (TPSA) is 73.5 Å². The number of hydrazine groups is 1. The van der Waals surface area contributed by atoms with Crippen molar-refractivity contribution in [3.63, 3.8) is 0 Å². The second kappa shape index (κ2) is 7.71. The SMILES string of the molecule is CC[C@]1(c2ccccc2)NC(=O)N(NC(=S)NCc2ccc(F)cc2)C1=O. The van der Waals surface area contributed by atoms with Gasteiger partial charge in [0, 0.05) is 6.54 Å². The van der Waals surface area contributed by atoms with Gasteiger partial charge in [-0.25, -0.2) is 9.18 Å². The van der Waals surface area contributed by atoms with Gasteiger partial charge in [0.1, 0.15) is 11.4 Å². The van der Waals surface area contributed by atoms with Crippen LogP contribution in [-0.2, 0) is 16.9 Å². The molecule has 0 spiro atoms. The highest BCUT2D eigenvalue weighted by atomic mass is 32.1. The van der Waals surface area contributed by atoms with Gasteiger partial charge in [0.2, 0.25) is 0 Å². The predicted molar refractivity (Wildman–Crippen MR) is 103 cm³/mol. The fourth-order valence-electron chi connectivity index (χ4n) is 2.96. The van der Waals surface area contributed by atoms with Crippen LogP contribution in [0.3, 0.4) is 0 Å². The summed E-state index contributed by atoms with van der Waals surface area (Å²) in [6.45, 7) is 2.16. The molecule has 3 N–H and O–H groups in total. The maximum absolute atomic E-state index is 13.0. The highest BCUT2D eigenvalue weighted by molar-refractivity contribution is 7.80. The molecule has 1 aliphatic rings. The van der Waals surface area contributed by atoms with Crippen LogP contribution in [0.4, 0.5) is 9.18 Å². The van der Waals surface area contributed by atoms with Gasteiger partial charge in [-0.1, -0.05) is 49.4 Å². The third-order valence-electron chi connectivity index (χ3n) is 4.47. The van der Waals surface area contributed by atoms with Crippen LogP contribution in [0.15, 0.2) is 54.6 Å². The van der Waals surface area contributed by atoms with Gasteiger partial charge < -0.3 is 10.6 Å². The molecule has 0 aliphatic carbocycles. The van der Waals surface area contributed by atoms with Crippen LogP contribution in [0, 0.1) is 5.82 Å². The number of urea groups is 1. The molecule has 1 atom stereocenters. The van der Waals surface area contributed by atoms with Gasteiger partial charge >= 0.3 is 6.03 Å². The summed E-state index contributed by atoms with van der Waals surface area (Å²) < 4.78 is 12.9. The molecule has 3 amide bonds. The van der Waals surface area contributed by atoms with E-state index in [1.165, 1.54) is 12.1 Å². The normalized spacial score (nSPS) is 19.0. The Morgan fingerprint density at radius 1 is 1.15 bits per heavy atom. The number of carbonyl (C=O) groups excluding carboxylic acids is 2. The van der Waals surface area contributed by atoms with E-state index in [0.29, 0.717) is 18.5 Å². The van der Waals surface area contributed by atoms with Crippen LogP contribution in [0.2, 0.25) is 0 Å². The van der Waals surface area contributed by atoms with Crippen molar-refractivity contribution in [1.29, 1.82) is 0 Å². The van der Waals surface area contributed by atoms with E-state index in [1.807, 2.05) is 25.1 Å². The number of thiocarbonyl (C=S) groups is 1. The minimum Gasteiger partial charge on any atom is -0.357 e. The third kappa shape index (κ3) is 3.75. The molecule has 2 aromatic carbocycles. The number of hydrogen-bond acceptors (Lipinski definition) is 3. The molecule has 1 aliphatic heterocycles. The van der Waals surface area contributed by atoms with Crippen molar-refractivity contribution in [3.8, 4) is 0 Å². The molecule has 1 saturated heterocycles. The molecule has 140 valence electrons. The van der Waals surface area contributed by atoms with E-state index in [1.54, 1.807) is 24.3 Å². The number of nitrogens with zero attached hydrogens (tertiary/aromatic N) is 1. The Labute approximate surface area is 161 Å². The molecule has 0 saturated carbocycles. The Hall–Kier alpha value is -3.00. The Morgan fingerprint density at radius 3 is 2.44 bits per heavy atom. The zero-order chi connectivity index (χ0) is 19.4. The van der Waals surface area contributed by atoms with Crippen molar-refractivity contribution in [2.45, 2.75) is 25.4 Å². The van der Waals surface area contributed by atoms with Gasteiger partial charge in [-0.3, -0.25) is 10.2 Å². The number of carbonyl (C=O) groups is 2. The lowest BCUT2D eigenvalue weighted by molar-refractivity contribution is -0.133. The molecule has 6 nitrogen and oxygen atoms in total. The summed E-state index contributed by atoms with van der Waals surface area (Å²) in [7, 11) is 0. The van der Waals surface area contributed by atoms with E-state index >= 15 is 0 Å². The van der Waals surface area contributed by atoms with E-state index in [9.17, 15) is 14.0 Å². The molecule has 0 radical (unpaired) electrons. The average Bonchev–Trinajstić information content (AvgIpc) is 2.93. The zero-order valence-corrected chi connectivity index (χ0v) is 15.5. The summed E-state index contributed by atoms with van der Waals surface area (Å²) in [4.78, 5) is 25.3. The summed E-state index contributed by atoms with van der Waals surface area (Å²) in [6, 6.07) is 14.4. The fraction of sp³-hybridized carbons (Fsp3) is 0.211. The minimum absolute atomic E-state index is 0.114. The van der Waals surface area contributed by atoms with Crippen molar-refractivity contribution in [3.05, 3.63) is 71.5 Å². The lowest BCUT2D eigenvalue weighted by atomic mass is 9.87. The first kappa shape index (κ1) is 18.8. The summed E-state index contributed by atoms with van der Waals surface area (Å²) in [6.07, 6.45) is 0.398. The van der Waals surface area contributed by atoms with Crippen LogP contribution in [0.5, 0.6) is 0 Å². The molecule has 0 bridgehead atoms. The standard InChI is InChI=1S/C19H19FN4O2S/c1-2-19(14-6-4-3-5-7-14)16(25)24(18(26)22-19)23-17(27)21-12-13-8-10-15(20)11-9-13/h3-11H,2,12H2,1H3,(H,22,26)(H2,21,23,27)/t19-/m1/s1. The second-order valence-corrected chi connectivity index (χ2v) is 6.52. The number of imide groups is 1. The molecular formula is C19H19FN4O2S. The third-order valence-corrected chi connectivity index (χ3v) is 4.70. The molecular weight excluding hydrogens is 367 g/mol. The number of rotatable bonds is 5. The highest BCUT2D eigenvalue weighted by Gasteiger charge is 2.51. The first-order chi connectivity index (χ1) is 13.0. The maximum Gasteiger partial charge on any atom is 0.344 e. The van der Waals surface area contributed by atoms with Crippen molar-refractivity contribution in [2.24, 2.45) is 0 Å². The number of amides is 3. The lowest BCUT2D eigenvalue weighted by Gasteiger charge is -2.25. The van der Waals surface area contributed by atoms with Crippen LogP contribution in [-0.4, -0.2) is 22.1 Å². The van der Waals surface area contributed by atoms with Crippen molar-refractivity contribution >= 4 is 29.3 Å². The zero-order valence-electron chi connectivity index (χ0n) is 14.7. The predicted octanol–water partition coefficient (Wildman–Crippen LogP) is 2.56. The van der Waals surface area contributed by atoms with Crippen LogP contribution in [0.1, 0.15) is 24.5 Å². The summed E-state index contributed by atoms with van der Waals surface area (Å²) >= 11 is 5.18. The van der Waals surface area contributed by atoms with Gasteiger partial charge in [0.05, 0.1) is 0 Å². The Morgan fingerprint density at radius 2 is 1.81 bits per heavy atom. The van der Waals surface area contributed by atoms with Crippen LogP contribution in [0.25, 0.3) is 0 Å². The summed E-state index contributed by atoms with van der Waals surface area (Å²) in [5.41, 5.74) is 3.03. The Balaban J connectivity index is 1.68. The first-order valence-electron chi connectivity index (χ1n) is 8.47. The van der Waals surface area contributed by atoms with Crippen LogP contribution < -0.4 is 16.1 Å². The van der Waals surface area contributed by atoms with Crippen LogP contribution >= 0.6 is 12.2 Å². The van der Waals surface area contributed by atoms with Crippen molar-refractivity contribution < 1.29 is 14.0 Å². The molecule has 1 heterocycles. The Bertz CT molecular complexity index is 860. The van der Waals surface area contributed by atoms with E-state index in [0.717, 1.165) is 10.6 Å². The smallest absolute Gasteiger partial charge is 0.344 e. The minimum atomic E-state index is -1.13.